The monoisotopic (exact) mass is 250 g/mol. The van der Waals surface area contributed by atoms with Crippen LogP contribution in [0, 0.1) is 6.92 Å². The lowest BCUT2D eigenvalue weighted by molar-refractivity contribution is -0.121. The molecule has 98 valence electrons. The number of hydrogen-bond acceptors (Lipinski definition) is 3. The largest absolute Gasteiger partial charge is 0.478 e. The van der Waals surface area contributed by atoms with Crippen LogP contribution in [0.5, 0.6) is 0 Å². The van der Waals surface area contributed by atoms with Gasteiger partial charge in [0.05, 0.1) is 16.8 Å². The van der Waals surface area contributed by atoms with Crippen LogP contribution in [0.25, 0.3) is 0 Å². The van der Waals surface area contributed by atoms with Gasteiger partial charge in [0.1, 0.15) is 0 Å². The molecule has 18 heavy (non-hydrogen) atoms. The fourth-order valence-corrected chi connectivity index (χ4v) is 1.34. The molecule has 0 atom stereocenters. The van der Waals surface area contributed by atoms with Crippen LogP contribution >= 0.6 is 0 Å². The zero-order valence-corrected chi connectivity index (χ0v) is 11.0. The van der Waals surface area contributed by atoms with Gasteiger partial charge >= 0.3 is 5.97 Å². The first-order valence-corrected chi connectivity index (χ1v) is 5.62. The summed E-state index contributed by atoms with van der Waals surface area (Å²) in [7, 11) is 1.67. The van der Waals surface area contributed by atoms with Gasteiger partial charge < -0.3 is 15.7 Å². The fraction of sp³-hybridized carbons (Fsp3) is 0.385. The first-order valence-electron chi connectivity index (χ1n) is 5.62. The first-order chi connectivity index (χ1) is 8.27. The van der Waals surface area contributed by atoms with Gasteiger partial charge in [0.15, 0.2) is 0 Å². The summed E-state index contributed by atoms with van der Waals surface area (Å²) in [5, 5.41) is 14.6. The predicted molar refractivity (Wildman–Crippen MR) is 69.9 cm³/mol. The van der Waals surface area contributed by atoms with Crippen molar-refractivity contribution in [3.8, 4) is 0 Å². The van der Waals surface area contributed by atoms with Crippen molar-refractivity contribution in [2.75, 3.05) is 12.4 Å². The molecule has 0 aromatic heterocycles. The van der Waals surface area contributed by atoms with Crippen LogP contribution in [-0.2, 0) is 4.79 Å². The topological polar surface area (TPSA) is 78.4 Å². The highest BCUT2D eigenvalue weighted by atomic mass is 16.4. The summed E-state index contributed by atoms with van der Waals surface area (Å²) in [4.78, 5) is 23.1. The van der Waals surface area contributed by atoms with Crippen molar-refractivity contribution in [3.63, 3.8) is 0 Å². The molecule has 0 bridgehead atoms. The zero-order chi connectivity index (χ0) is 13.9. The van der Waals surface area contributed by atoms with E-state index in [1.165, 1.54) is 6.07 Å². The molecule has 0 aliphatic carbocycles. The lowest BCUT2D eigenvalue weighted by Crippen LogP contribution is -2.48. The Morgan fingerprint density at radius 2 is 1.89 bits per heavy atom. The Hall–Kier alpha value is -1.88. The van der Waals surface area contributed by atoms with Gasteiger partial charge in [-0.2, -0.15) is 0 Å². The molecule has 0 aliphatic heterocycles. The van der Waals surface area contributed by atoms with E-state index in [-0.39, 0.29) is 11.5 Å². The van der Waals surface area contributed by atoms with E-state index in [9.17, 15) is 9.59 Å². The molecule has 0 unspecified atom stereocenters. The number of carbonyl (C=O) groups is 2. The molecule has 0 aliphatic rings. The van der Waals surface area contributed by atoms with E-state index in [1.807, 2.05) is 0 Å². The van der Waals surface area contributed by atoms with E-state index >= 15 is 0 Å². The van der Waals surface area contributed by atoms with Gasteiger partial charge in [0.25, 0.3) is 0 Å². The van der Waals surface area contributed by atoms with Gasteiger partial charge in [0.2, 0.25) is 5.91 Å². The SMILES string of the molecule is CNC(C)(C)C(=O)Nc1ccc(C)cc1C(=O)O. The van der Waals surface area contributed by atoms with Crippen LogP contribution in [0.1, 0.15) is 29.8 Å². The second-order valence-corrected chi connectivity index (χ2v) is 4.68. The number of amides is 1. The summed E-state index contributed by atoms with van der Waals surface area (Å²) in [6.07, 6.45) is 0. The second kappa shape index (κ2) is 5.18. The molecule has 3 N–H and O–H groups in total. The van der Waals surface area contributed by atoms with Gasteiger partial charge in [-0.25, -0.2) is 4.79 Å². The van der Waals surface area contributed by atoms with E-state index in [0.29, 0.717) is 5.69 Å². The minimum atomic E-state index is -1.06. The lowest BCUT2D eigenvalue weighted by atomic mass is 10.0. The summed E-state index contributed by atoms with van der Waals surface area (Å²) >= 11 is 0. The highest BCUT2D eigenvalue weighted by molar-refractivity contribution is 6.03. The maximum Gasteiger partial charge on any atom is 0.337 e. The molecule has 0 spiro atoms. The van der Waals surface area contributed by atoms with Crippen LogP contribution < -0.4 is 10.6 Å². The van der Waals surface area contributed by atoms with Crippen molar-refractivity contribution in [3.05, 3.63) is 29.3 Å². The first kappa shape index (κ1) is 14.2. The number of likely N-dealkylation sites (N-methyl/N-ethyl adjacent to an activating group) is 1. The molecule has 1 aromatic carbocycles. The number of aromatic carboxylic acids is 1. The minimum absolute atomic E-state index is 0.0928. The third-order valence-corrected chi connectivity index (χ3v) is 2.85. The second-order valence-electron chi connectivity index (χ2n) is 4.68. The van der Waals surface area contributed by atoms with Crippen molar-refractivity contribution in [1.29, 1.82) is 0 Å². The molecular formula is C13H18N2O3. The number of aryl methyl sites for hydroxylation is 1. The number of benzene rings is 1. The van der Waals surface area contributed by atoms with E-state index in [2.05, 4.69) is 10.6 Å². The maximum atomic E-state index is 12.0. The predicted octanol–water partition coefficient (Wildman–Crippen LogP) is 1.63. The quantitative estimate of drug-likeness (QED) is 0.759. The summed E-state index contributed by atoms with van der Waals surface area (Å²) in [6, 6.07) is 4.89. The standard InChI is InChI=1S/C13H18N2O3/c1-8-5-6-10(9(7-8)11(16)17)15-12(18)13(2,3)14-4/h5-7,14H,1-4H3,(H,15,18)(H,16,17). The van der Waals surface area contributed by atoms with Crippen molar-refractivity contribution >= 4 is 17.6 Å². The number of carboxylic acids is 1. The Morgan fingerprint density at radius 1 is 1.28 bits per heavy atom. The molecular weight excluding hydrogens is 232 g/mol. The molecule has 1 amide bonds. The number of carboxylic acid groups (broad SMARTS) is 1. The number of carbonyl (C=O) groups excluding carboxylic acids is 1. The smallest absolute Gasteiger partial charge is 0.337 e. The van der Waals surface area contributed by atoms with Crippen LogP contribution in [-0.4, -0.2) is 29.6 Å². The van der Waals surface area contributed by atoms with Gasteiger partial charge in [-0.3, -0.25) is 4.79 Å². The number of rotatable bonds is 4. The molecule has 0 heterocycles. The van der Waals surface area contributed by atoms with Crippen LogP contribution in [0.4, 0.5) is 5.69 Å². The van der Waals surface area contributed by atoms with Gasteiger partial charge in [-0.15, -0.1) is 0 Å². The van der Waals surface area contributed by atoms with E-state index in [4.69, 9.17) is 5.11 Å². The Morgan fingerprint density at radius 3 is 2.39 bits per heavy atom. The van der Waals surface area contributed by atoms with Gasteiger partial charge in [-0.05, 0) is 40.0 Å². The van der Waals surface area contributed by atoms with Crippen molar-refractivity contribution in [1.82, 2.24) is 5.32 Å². The Balaban J connectivity index is 3.05. The molecule has 0 radical (unpaired) electrons. The van der Waals surface area contributed by atoms with E-state index in [1.54, 1.807) is 40.0 Å². The minimum Gasteiger partial charge on any atom is -0.478 e. The third kappa shape index (κ3) is 3.07. The Labute approximate surface area is 106 Å². The molecule has 5 nitrogen and oxygen atoms in total. The zero-order valence-electron chi connectivity index (χ0n) is 11.0. The third-order valence-electron chi connectivity index (χ3n) is 2.85. The molecule has 0 fully saturated rings. The highest BCUT2D eigenvalue weighted by Crippen LogP contribution is 2.19. The molecule has 1 rings (SSSR count). The summed E-state index contributed by atoms with van der Waals surface area (Å²) < 4.78 is 0. The number of nitrogens with one attached hydrogen (secondary N) is 2. The average Bonchev–Trinajstić information content (AvgIpc) is 2.31. The Kier molecular flexibility index (Phi) is 4.08. The number of anilines is 1. The normalized spacial score (nSPS) is 11.1. The average molecular weight is 250 g/mol. The summed E-state index contributed by atoms with van der Waals surface area (Å²) in [5.41, 5.74) is 0.468. The van der Waals surface area contributed by atoms with Gasteiger partial charge in [-0.1, -0.05) is 11.6 Å². The molecule has 5 heteroatoms. The lowest BCUT2D eigenvalue weighted by Gasteiger charge is -2.23. The number of hydrogen-bond donors (Lipinski definition) is 3. The van der Waals surface area contributed by atoms with Crippen LogP contribution in [0.3, 0.4) is 0 Å². The summed E-state index contributed by atoms with van der Waals surface area (Å²) in [5.74, 6) is -1.34. The van der Waals surface area contributed by atoms with Crippen molar-refractivity contribution in [2.24, 2.45) is 0 Å². The fourth-order valence-electron chi connectivity index (χ4n) is 1.34. The Bertz CT molecular complexity index is 481. The van der Waals surface area contributed by atoms with Crippen molar-refractivity contribution < 1.29 is 14.7 Å². The van der Waals surface area contributed by atoms with Crippen LogP contribution in [0.2, 0.25) is 0 Å². The van der Waals surface area contributed by atoms with E-state index < -0.39 is 11.5 Å². The summed E-state index contributed by atoms with van der Waals surface area (Å²) in [6.45, 7) is 5.24. The maximum absolute atomic E-state index is 12.0. The van der Waals surface area contributed by atoms with Crippen LogP contribution in [0.15, 0.2) is 18.2 Å². The van der Waals surface area contributed by atoms with Crippen molar-refractivity contribution in [2.45, 2.75) is 26.3 Å². The molecule has 1 aromatic rings. The molecule has 0 saturated carbocycles. The highest BCUT2D eigenvalue weighted by Gasteiger charge is 2.26. The molecule has 0 saturated heterocycles. The van der Waals surface area contributed by atoms with Gasteiger partial charge in [0, 0.05) is 0 Å². The van der Waals surface area contributed by atoms with E-state index in [0.717, 1.165) is 5.56 Å².